The molecule has 2 rings (SSSR count). The van der Waals surface area contributed by atoms with Crippen LogP contribution < -0.4 is 15.2 Å². The molecule has 0 fully saturated rings. The zero-order chi connectivity index (χ0) is 16.3. The van der Waals surface area contributed by atoms with Crippen LogP contribution >= 0.6 is 0 Å². The maximum absolute atomic E-state index is 11.9. The minimum Gasteiger partial charge on any atom is -0.497 e. The van der Waals surface area contributed by atoms with Crippen molar-refractivity contribution in [3.63, 3.8) is 0 Å². The number of hydrogen-bond acceptors (Lipinski definition) is 7. The van der Waals surface area contributed by atoms with Gasteiger partial charge in [0.2, 0.25) is 5.69 Å². The zero-order valence-electron chi connectivity index (χ0n) is 12.9. The Bertz CT molecular complexity index is 681. The van der Waals surface area contributed by atoms with E-state index in [9.17, 15) is 4.79 Å². The number of anilines is 1. The molecule has 0 aliphatic heterocycles. The van der Waals surface area contributed by atoms with Crippen molar-refractivity contribution in [1.82, 2.24) is 15.0 Å². The smallest absolute Gasteiger partial charge is 0.363 e. The Morgan fingerprint density at radius 2 is 2.00 bits per heavy atom. The first-order valence-corrected chi connectivity index (χ1v) is 6.62. The van der Waals surface area contributed by atoms with Crippen molar-refractivity contribution in [2.75, 3.05) is 20.0 Å². The van der Waals surface area contributed by atoms with Crippen molar-refractivity contribution in [3.05, 3.63) is 23.9 Å². The number of carbonyl (C=O) groups excluding carboxylic acids is 1. The molecule has 0 atom stereocenters. The highest BCUT2D eigenvalue weighted by Crippen LogP contribution is 2.29. The Hall–Kier alpha value is -2.77. The number of nitrogen functional groups attached to an aromatic ring is 1. The van der Waals surface area contributed by atoms with Crippen LogP contribution in [0, 0.1) is 0 Å². The lowest BCUT2D eigenvalue weighted by molar-refractivity contribution is 0.0372. The van der Waals surface area contributed by atoms with E-state index in [2.05, 4.69) is 10.3 Å². The molecule has 1 heterocycles. The minimum atomic E-state index is -0.619. The standard InChI is InChI=1S/C14H18N4O4/c1-8(2)22-14(19)12-13(15)18(17-16-12)10-6-5-9(20-3)7-11(10)21-4/h5-8H,15H2,1-4H3. The molecule has 0 amide bonds. The summed E-state index contributed by atoms with van der Waals surface area (Å²) in [5, 5.41) is 7.69. The van der Waals surface area contributed by atoms with Gasteiger partial charge in [-0.3, -0.25) is 0 Å². The number of benzene rings is 1. The second kappa shape index (κ2) is 6.33. The van der Waals surface area contributed by atoms with Gasteiger partial charge in [0.05, 0.1) is 20.3 Å². The molecular formula is C14H18N4O4. The Kier molecular flexibility index (Phi) is 4.50. The first-order valence-electron chi connectivity index (χ1n) is 6.62. The molecule has 1 aromatic heterocycles. The third-order valence-corrected chi connectivity index (χ3v) is 2.86. The second-order valence-corrected chi connectivity index (χ2v) is 4.73. The van der Waals surface area contributed by atoms with Crippen LogP contribution in [0.25, 0.3) is 5.69 Å². The van der Waals surface area contributed by atoms with E-state index >= 15 is 0 Å². The molecule has 0 aliphatic rings. The van der Waals surface area contributed by atoms with E-state index in [1.807, 2.05) is 0 Å². The van der Waals surface area contributed by atoms with Crippen LogP contribution in [0.1, 0.15) is 24.3 Å². The molecule has 0 spiro atoms. The molecule has 2 N–H and O–H groups in total. The first kappa shape index (κ1) is 15.6. The van der Waals surface area contributed by atoms with Gasteiger partial charge < -0.3 is 19.9 Å². The Balaban J connectivity index is 2.42. The summed E-state index contributed by atoms with van der Waals surface area (Å²) >= 11 is 0. The molecule has 0 unspecified atom stereocenters. The monoisotopic (exact) mass is 306 g/mol. The molecule has 0 saturated carbocycles. The number of nitrogens with zero attached hydrogens (tertiary/aromatic N) is 3. The summed E-state index contributed by atoms with van der Waals surface area (Å²) in [7, 11) is 3.07. The van der Waals surface area contributed by atoms with Gasteiger partial charge in [0, 0.05) is 6.07 Å². The van der Waals surface area contributed by atoms with Crippen LogP contribution in [0.2, 0.25) is 0 Å². The lowest BCUT2D eigenvalue weighted by Crippen LogP contribution is -2.14. The van der Waals surface area contributed by atoms with Crippen LogP contribution in [0.4, 0.5) is 5.82 Å². The van der Waals surface area contributed by atoms with Gasteiger partial charge in [-0.1, -0.05) is 5.21 Å². The van der Waals surface area contributed by atoms with Gasteiger partial charge in [-0.2, -0.15) is 4.68 Å². The Morgan fingerprint density at radius 1 is 1.27 bits per heavy atom. The number of carbonyl (C=O) groups is 1. The number of ether oxygens (including phenoxy) is 3. The summed E-state index contributed by atoms with van der Waals surface area (Å²) in [6.07, 6.45) is -0.271. The summed E-state index contributed by atoms with van der Waals surface area (Å²) in [6.45, 7) is 3.48. The van der Waals surface area contributed by atoms with Crippen molar-refractivity contribution in [2.45, 2.75) is 20.0 Å². The Morgan fingerprint density at radius 3 is 2.59 bits per heavy atom. The molecule has 8 nitrogen and oxygen atoms in total. The largest absolute Gasteiger partial charge is 0.497 e. The van der Waals surface area contributed by atoms with Gasteiger partial charge in [-0.25, -0.2) is 4.79 Å². The van der Waals surface area contributed by atoms with E-state index in [0.717, 1.165) is 0 Å². The maximum atomic E-state index is 11.9. The molecule has 22 heavy (non-hydrogen) atoms. The number of hydrogen-bond donors (Lipinski definition) is 1. The van der Waals surface area contributed by atoms with Crippen molar-refractivity contribution in [2.24, 2.45) is 0 Å². The highest BCUT2D eigenvalue weighted by Gasteiger charge is 2.22. The van der Waals surface area contributed by atoms with Crippen LogP contribution in [-0.4, -0.2) is 41.3 Å². The van der Waals surface area contributed by atoms with Crippen molar-refractivity contribution >= 4 is 11.8 Å². The molecule has 0 saturated heterocycles. The molecular weight excluding hydrogens is 288 g/mol. The van der Waals surface area contributed by atoms with E-state index in [-0.39, 0.29) is 17.6 Å². The second-order valence-electron chi connectivity index (χ2n) is 4.73. The molecule has 118 valence electrons. The van der Waals surface area contributed by atoms with Crippen LogP contribution in [0.3, 0.4) is 0 Å². The first-order chi connectivity index (χ1) is 10.5. The fourth-order valence-corrected chi connectivity index (χ4v) is 1.84. The van der Waals surface area contributed by atoms with Gasteiger partial charge in [-0.05, 0) is 26.0 Å². The molecule has 8 heteroatoms. The van der Waals surface area contributed by atoms with Crippen molar-refractivity contribution in [1.29, 1.82) is 0 Å². The van der Waals surface area contributed by atoms with Crippen LogP contribution in [0.15, 0.2) is 18.2 Å². The van der Waals surface area contributed by atoms with Gasteiger partial charge in [0.1, 0.15) is 17.2 Å². The SMILES string of the molecule is COc1ccc(-n2nnc(C(=O)OC(C)C)c2N)c(OC)c1. The normalized spacial score (nSPS) is 10.6. The maximum Gasteiger partial charge on any atom is 0.363 e. The fourth-order valence-electron chi connectivity index (χ4n) is 1.84. The number of nitrogens with two attached hydrogens (primary N) is 1. The molecule has 0 bridgehead atoms. The minimum absolute atomic E-state index is 0.0356. The summed E-state index contributed by atoms with van der Waals surface area (Å²) < 4.78 is 16.8. The third kappa shape index (κ3) is 2.95. The summed E-state index contributed by atoms with van der Waals surface area (Å²) in [6, 6.07) is 5.12. The summed E-state index contributed by atoms with van der Waals surface area (Å²) in [5.74, 6) is 0.568. The van der Waals surface area contributed by atoms with E-state index in [1.165, 1.54) is 11.8 Å². The molecule has 0 radical (unpaired) electrons. The van der Waals surface area contributed by atoms with Gasteiger partial charge in [0.25, 0.3) is 0 Å². The fraction of sp³-hybridized carbons (Fsp3) is 0.357. The van der Waals surface area contributed by atoms with E-state index in [1.54, 1.807) is 39.2 Å². The summed E-state index contributed by atoms with van der Waals surface area (Å²) in [4.78, 5) is 11.9. The quantitative estimate of drug-likeness (QED) is 0.834. The van der Waals surface area contributed by atoms with E-state index in [0.29, 0.717) is 17.2 Å². The molecule has 1 aromatic carbocycles. The van der Waals surface area contributed by atoms with Gasteiger partial charge >= 0.3 is 5.97 Å². The lowest BCUT2D eigenvalue weighted by atomic mass is 10.2. The predicted molar refractivity (Wildman–Crippen MR) is 79.4 cm³/mol. The third-order valence-electron chi connectivity index (χ3n) is 2.86. The van der Waals surface area contributed by atoms with Crippen molar-refractivity contribution < 1.29 is 19.0 Å². The Labute approximate surface area is 127 Å². The topological polar surface area (TPSA) is 101 Å². The highest BCUT2D eigenvalue weighted by molar-refractivity contribution is 5.92. The summed E-state index contributed by atoms with van der Waals surface area (Å²) in [5.41, 5.74) is 6.46. The van der Waals surface area contributed by atoms with E-state index in [4.69, 9.17) is 19.9 Å². The molecule has 2 aromatic rings. The molecule has 0 aliphatic carbocycles. The van der Waals surface area contributed by atoms with Crippen LogP contribution in [-0.2, 0) is 4.74 Å². The van der Waals surface area contributed by atoms with Crippen molar-refractivity contribution in [3.8, 4) is 17.2 Å². The number of methoxy groups -OCH3 is 2. The average molecular weight is 306 g/mol. The number of aromatic nitrogens is 3. The lowest BCUT2D eigenvalue weighted by Gasteiger charge is -2.11. The van der Waals surface area contributed by atoms with Gasteiger partial charge in [-0.15, -0.1) is 5.10 Å². The van der Waals surface area contributed by atoms with Gasteiger partial charge in [0.15, 0.2) is 5.82 Å². The predicted octanol–water partition coefficient (Wildman–Crippen LogP) is 1.43. The number of esters is 1. The zero-order valence-corrected chi connectivity index (χ0v) is 12.9. The average Bonchev–Trinajstić information content (AvgIpc) is 2.87. The highest BCUT2D eigenvalue weighted by atomic mass is 16.5. The van der Waals surface area contributed by atoms with Crippen LogP contribution in [0.5, 0.6) is 11.5 Å². The number of rotatable bonds is 5. The van der Waals surface area contributed by atoms with E-state index < -0.39 is 5.97 Å².